The molecule has 27 heavy (non-hydrogen) atoms. The average molecular weight is 388 g/mol. The minimum Gasteiger partial charge on any atom is -0.352 e. The zero-order valence-electron chi connectivity index (χ0n) is 16.8. The number of nitrogens with one attached hydrogen (secondary N) is 1. The standard InChI is InChI=1S/C20H29N5OS/c1-12-9-10-18(14(3)11-12)25-20(22-23-24-25)27-16(5)19(26)21-17-8-6-7-13(2)15(17)4/h9-11,13,15-17H,6-8H2,1-5H3,(H,21,26)/t13-,15-,16-,17+/m0/s1. The van der Waals surface area contributed by atoms with Crippen molar-refractivity contribution < 1.29 is 4.79 Å². The van der Waals surface area contributed by atoms with Gasteiger partial charge in [0.15, 0.2) is 0 Å². The highest BCUT2D eigenvalue weighted by Crippen LogP contribution is 2.30. The average Bonchev–Trinajstić information content (AvgIpc) is 3.06. The Hall–Kier alpha value is -1.89. The Balaban J connectivity index is 1.69. The number of tetrazole rings is 1. The molecule has 1 fully saturated rings. The Kier molecular flexibility index (Phi) is 6.19. The maximum Gasteiger partial charge on any atom is 0.233 e. The topological polar surface area (TPSA) is 72.7 Å². The van der Waals surface area contributed by atoms with E-state index in [1.54, 1.807) is 4.68 Å². The van der Waals surface area contributed by atoms with E-state index in [1.165, 1.54) is 30.2 Å². The molecule has 0 unspecified atom stereocenters. The van der Waals surface area contributed by atoms with E-state index < -0.39 is 0 Å². The van der Waals surface area contributed by atoms with Crippen molar-refractivity contribution in [1.29, 1.82) is 0 Å². The second kappa shape index (κ2) is 8.42. The molecule has 1 N–H and O–H groups in total. The molecular formula is C20H29N5OS. The number of aromatic nitrogens is 4. The minimum absolute atomic E-state index is 0.0566. The van der Waals surface area contributed by atoms with Crippen molar-refractivity contribution in [2.75, 3.05) is 0 Å². The predicted octanol–water partition coefficient (Wildman–Crippen LogP) is 3.70. The fourth-order valence-electron chi connectivity index (χ4n) is 3.74. The summed E-state index contributed by atoms with van der Waals surface area (Å²) in [6.45, 7) is 10.5. The molecule has 1 aromatic heterocycles. The first-order valence-corrected chi connectivity index (χ1v) is 10.6. The Morgan fingerprint density at radius 1 is 1.30 bits per heavy atom. The maximum absolute atomic E-state index is 12.7. The van der Waals surface area contributed by atoms with Crippen LogP contribution in [0, 0.1) is 25.7 Å². The molecule has 2 aromatic rings. The highest BCUT2D eigenvalue weighted by molar-refractivity contribution is 8.00. The van der Waals surface area contributed by atoms with E-state index in [-0.39, 0.29) is 17.2 Å². The first-order valence-electron chi connectivity index (χ1n) is 9.70. The zero-order chi connectivity index (χ0) is 19.6. The number of nitrogens with zero attached hydrogens (tertiary/aromatic N) is 4. The lowest BCUT2D eigenvalue weighted by Crippen LogP contribution is -2.46. The Bertz CT molecular complexity index is 805. The van der Waals surface area contributed by atoms with Gasteiger partial charge < -0.3 is 5.32 Å². The predicted molar refractivity (Wildman–Crippen MR) is 108 cm³/mol. The van der Waals surface area contributed by atoms with Crippen LogP contribution in [0.4, 0.5) is 0 Å². The lowest BCUT2D eigenvalue weighted by molar-refractivity contribution is -0.121. The number of carbonyl (C=O) groups is 1. The molecule has 6 nitrogen and oxygen atoms in total. The Morgan fingerprint density at radius 3 is 2.81 bits per heavy atom. The van der Waals surface area contributed by atoms with Crippen LogP contribution < -0.4 is 5.32 Å². The van der Waals surface area contributed by atoms with Crippen molar-refractivity contribution >= 4 is 17.7 Å². The number of rotatable bonds is 5. The number of carbonyl (C=O) groups excluding carboxylic acids is 1. The fourth-order valence-corrected chi connectivity index (χ4v) is 4.55. The summed E-state index contributed by atoms with van der Waals surface area (Å²) in [4.78, 5) is 12.7. The summed E-state index contributed by atoms with van der Waals surface area (Å²) in [5, 5.41) is 15.7. The lowest BCUT2D eigenvalue weighted by atomic mass is 9.78. The summed E-state index contributed by atoms with van der Waals surface area (Å²) in [6.07, 6.45) is 3.50. The Morgan fingerprint density at radius 2 is 2.07 bits per heavy atom. The molecule has 1 aliphatic carbocycles. The number of aryl methyl sites for hydroxylation is 2. The molecule has 1 saturated carbocycles. The molecule has 7 heteroatoms. The van der Waals surface area contributed by atoms with E-state index in [0.717, 1.165) is 17.7 Å². The molecule has 1 aliphatic rings. The molecule has 1 aromatic carbocycles. The van der Waals surface area contributed by atoms with E-state index in [1.807, 2.05) is 26.0 Å². The zero-order valence-corrected chi connectivity index (χ0v) is 17.6. The van der Waals surface area contributed by atoms with Gasteiger partial charge in [0, 0.05) is 6.04 Å². The van der Waals surface area contributed by atoms with E-state index in [9.17, 15) is 4.79 Å². The van der Waals surface area contributed by atoms with Gasteiger partial charge in [-0.1, -0.05) is 56.1 Å². The van der Waals surface area contributed by atoms with Crippen molar-refractivity contribution in [2.24, 2.45) is 11.8 Å². The van der Waals surface area contributed by atoms with Crippen molar-refractivity contribution in [3.8, 4) is 5.69 Å². The summed E-state index contributed by atoms with van der Waals surface area (Å²) >= 11 is 1.40. The van der Waals surface area contributed by atoms with E-state index >= 15 is 0 Å². The third-order valence-electron chi connectivity index (χ3n) is 5.71. The number of benzene rings is 1. The van der Waals surface area contributed by atoms with Crippen molar-refractivity contribution in [3.05, 3.63) is 29.3 Å². The highest BCUT2D eigenvalue weighted by atomic mass is 32.2. The Labute approximate surface area is 165 Å². The van der Waals surface area contributed by atoms with E-state index in [2.05, 4.69) is 47.7 Å². The van der Waals surface area contributed by atoms with Gasteiger partial charge in [0.25, 0.3) is 0 Å². The van der Waals surface area contributed by atoms with Crippen LogP contribution >= 0.6 is 11.8 Å². The van der Waals surface area contributed by atoms with Crippen LogP contribution in [0.2, 0.25) is 0 Å². The normalized spacial score (nSPS) is 23.8. The summed E-state index contributed by atoms with van der Waals surface area (Å²) in [5.41, 5.74) is 3.24. The number of amides is 1. The van der Waals surface area contributed by atoms with E-state index in [0.29, 0.717) is 17.0 Å². The summed E-state index contributed by atoms with van der Waals surface area (Å²) in [7, 11) is 0. The summed E-state index contributed by atoms with van der Waals surface area (Å²) < 4.78 is 1.72. The lowest BCUT2D eigenvalue weighted by Gasteiger charge is -2.35. The van der Waals surface area contributed by atoms with Crippen LogP contribution in [0.25, 0.3) is 5.69 Å². The third kappa shape index (κ3) is 4.51. The number of hydrogen-bond acceptors (Lipinski definition) is 5. The second-order valence-corrected chi connectivity index (χ2v) is 9.11. The van der Waals surface area contributed by atoms with Gasteiger partial charge in [-0.2, -0.15) is 4.68 Å². The van der Waals surface area contributed by atoms with Crippen molar-refractivity contribution in [3.63, 3.8) is 0 Å². The van der Waals surface area contributed by atoms with Crippen molar-refractivity contribution in [1.82, 2.24) is 25.5 Å². The first-order chi connectivity index (χ1) is 12.9. The van der Waals surface area contributed by atoms with Gasteiger partial charge in [0.2, 0.25) is 11.1 Å². The van der Waals surface area contributed by atoms with Gasteiger partial charge in [-0.3, -0.25) is 4.79 Å². The van der Waals surface area contributed by atoms with Crippen LogP contribution in [0.15, 0.2) is 23.4 Å². The van der Waals surface area contributed by atoms with Crippen LogP contribution in [0.3, 0.4) is 0 Å². The molecule has 1 amide bonds. The molecule has 0 spiro atoms. The first kappa shape index (κ1) is 19.9. The number of thioether (sulfide) groups is 1. The van der Waals surface area contributed by atoms with Crippen LogP contribution in [0.1, 0.15) is 51.2 Å². The largest absolute Gasteiger partial charge is 0.352 e. The van der Waals surface area contributed by atoms with Crippen molar-refractivity contribution in [2.45, 2.75) is 70.3 Å². The van der Waals surface area contributed by atoms with Gasteiger partial charge in [0.05, 0.1) is 10.9 Å². The smallest absolute Gasteiger partial charge is 0.233 e. The highest BCUT2D eigenvalue weighted by Gasteiger charge is 2.30. The molecule has 3 rings (SSSR count). The molecule has 4 atom stereocenters. The monoisotopic (exact) mass is 387 g/mol. The number of hydrogen-bond donors (Lipinski definition) is 1. The van der Waals surface area contributed by atoms with Crippen LogP contribution in [0.5, 0.6) is 0 Å². The third-order valence-corrected chi connectivity index (χ3v) is 6.74. The molecule has 0 bridgehead atoms. The summed E-state index contributed by atoms with van der Waals surface area (Å²) in [6, 6.07) is 6.42. The van der Waals surface area contributed by atoms with Crippen LogP contribution in [-0.4, -0.2) is 37.4 Å². The van der Waals surface area contributed by atoms with Gasteiger partial charge in [-0.25, -0.2) is 0 Å². The van der Waals surface area contributed by atoms with Gasteiger partial charge in [-0.15, -0.1) is 5.10 Å². The maximum atomic E-state index is 12.7. The van der Waals surface area contributed by atoms with E-state index in [4.69, 9.17) is 0 Å². The quantitative estimate of drug-likeness (QED) is 0.792. The molecular weight excluding hydrogens is 358 g/mol. The summed E-state index contributed by atoms with van der Waals surface area (Å²) in [5.74, 6) is 1.23. The fraction of sp³-hybridized carbons (Fsp3) is 0.600. The molecule has 0 saturated heterocycles. The molecule has 1 heterocycles. The molecule has 146 valence electrons. The minimum atomic E-state index is -0.259. The van der Waals surface area contributed by atoms with Gasteiger partial charge in [-0.05, 0) is 61.1 Å². The second-order valence-electron chi connectivity index (χ2n) is 7.81. The van der Waals surface area contributed by atoms with Gasteiger partial charge >= 0.3 is 0 Å². The molecule has 0 aliphatic heterocycles. The van der Waals surface area contributed by atoms with Crippen LogP contribution in [-0.2, 0) is 4.79 Å². The molecule has 0 radical (unpaired) electrons. The SMILES string of the molecule is Cc1ccc(-n2nnnc2S[C@@H](C)C(=O)N[C@@H]2CCC[C@H](C)[C@@H]2C)c(C)c1. The van der Waals surface area contributed by atoms with Gasteiger partial charge in [0.1, 0.15) is 0 Å².